The molecule has 0 spiro atoms. The zero-order valence-electron chi connectivity index (χ0n) is 21.4. The fourth-order valence-electron chi connectivity index (χ4n) is 3.62. The van der Waals surface area contributed by atoms with Crippen LogP contribution in [-0.4, -0.2) is 38.6 Å². The van der Waals surface area contributed by atoms with E-state index in [0.717, 1.165) is 35.1 Å². The Balaban J connectivity index is 3.24. The number of aliphatic hydroxyl groups is 1. The normalized spacial score (nSPS) is 15.3. The Kier molecular flexibility index (Phi) is 12.6. The van der Waals surface area contributed by atoms with Crippen LogP contribution in [0.5, 0.6) is 0 Å². The molecule has 0 radical (unpaired) electrons. The van der Waals surface area contributed by atoms with Gasteiger partial charge in [0, 0.05) is 7.11 Å². The molecule has 0 aliphatic rings. The molecule has 1 rings (SSSR count). The van der Waals surface area contributed by atoms with Crippen molar-refractivity contribution in [3.05, 3.63) is 76.4 Å². The summed E-state index contributed by atoms with van der Waals surface area (Å²) in [6, 6.07) is 7.08. The van der Waals surface area contributed by atoms with Crippen molar-refractivity contribution in [1.29, 1.82) is 0 Å². The molecule has 0 saturated carbocycles. The fourth-order valence-corrected chi connectivity index (χ4v) is 5.38. The first-order chi connectivity index (χ1) is 15.5. The highest BCUT2D eigenvalue weighted by Crippen LogP contribution is 2.25. The molecule has 0 aromatic heterocycles. The van der Waals surface area contributed by atoms with Crippen LogP contribution in [0.3, 0.4) is 0 Å². The van der Waals surface area contributed by atoms with Gasteiger partial charge in [-0.3, -0.25) is 0 Å². The Morgan fingerprint density at radius 2 is 1.58 bits per heavy atom. The van der Waals surface area contributed by atoms with E-state index >= 15 is 0 Å². The van der Waals surface area contributed by atoms with Crippen LogP contribution in [-0.2, 0) is 14.6 Å². The number of rotatable bonds is 13. The second-order valence-corrected chi connectivity index (χ2v) is 11.3. The summed E-state index contributed by atoms with van der Waals surface area (Å²) >= 11 is 0. The van der Waals surface area contributed by atoms with Gasteiger partial charge >= 0.3 is 0 Å². The highest BCUT2D eigenvalue weighted by Gasteiger charge is 2.26. The molecule has 4 nitrogen and oxygen atoms in total. The molecular formula is C28H42O4S. The number of ether oxygens (including phenoxy) is 1. The Morgan fingerprint density at radius 1 is 0.939 bits per heavy atom. The standard InChI is InChI=1S/C28H42O4S/c1-21(2)9-8-10-23(4)19-28(33(30,31)27-13-11-22(3)12-14-27)20-25(6)18-26(32-7)17-24(5)15-16-29/h9,11-15,18-19,26,28-29H,8,10,16-17,20H2,1-7H3. The molecular weight excluding hydrogens is 432 g/mol. The Hall–Kier alpha value is -1.95. The van der Waals surface area contributed by atoms with Gasteiger partial charge in [0.2, 0.25) is 0 Å². The third-order valence-electron chi connectivity index (χ3n) is 5.57. The largest absolute Gasteiger partial charge is 0.392 e. The van der Waals surface area contributed by atoms with Gasteiger partial charge in [-0.1, -0.05) is 64.3 Å². The maximum Gasteiger partial charge on any atom is 0.185 e. The van der Waals surface area contributed by atoms with E-state index < -0.39 is 15.1 Å². The molecule has 2 atom stereocenters. The molecule has 0 heterocycles. The molecule has 1 aromatic rings. The minimum atomic E-state index is -3.54. The Labute approximate surface area is 201 Å². The van der Waals surface area contributed by atoms with Crippen LogP contribution in [0, 0.1) is 6.92 Å². The molecule has 2 unspecified atom stereocenters. The SMILES string of the molecule is COC(C=C(C)CC(C=C(C)CCC=C(C)C)S(=O)(=O)c1ccc(C)cc1)CC(C)=CCO. The van der Waals surface area contributed by atoms with Crippen LogP contribution in [0.4, 0.5) is 0 Å². The summed E-state index contributed by atoms with van der Waals surface area (Å²) in [4.78, 5) is 0.351. The van der Waals surface area contributed by atoms with E-state index in [2.05, 4.69) is 19.9 Å². The van der Waals surface area contributed by atoms with Crippen molar-refractivity contribution in [3.63, 3.8) is 0 Å². The van der Waals surface area contributed by atoms with Gasteiger partial charge in [-0.2, -0.15) is 0 Å². The van der Waals surface area contributed by atoms with E-state index in [1.54, 1.807) is 25.3 Å². The molecule has 0 amide bonds. The smallest absolute Gasteiger partial charge is 0.185 e. The molecule has 5 heteroatoms. The lowest BCUT2D eigenvalue weighted by atomic mass is 10.0. The minimum absolute atomic E-state index is 0.00134. The predicted molar refractivity (Wildman–Crippen MR) is 139 cm³/mol. The number of aliphatic hydroxyl groups excluding tert-OH is 1. The summed E-state index contributed by atoms with van der Waals surface area (Å²) in [5, 5.41) is 8.46. The fraction of sp³-hybridized carbons (Fsp3) is 0.500. The van der Waals surface area contributed by atoms with Crippen molar-refractivity contribution in [3.8, 4) is 0 Å². The van der Waals surface area contributed by atoms with Crippen LogP contribution in [0.15, 0.2) is 75.8 Å². The zero-order valence-corrected chi connectivity index (χ0v) is 22.2. The first-order valence-corrected chi connectivity index (χ1v) is 13.1. The summed E-state index contributed by atoms with van der Waals surface area (Å²) in [5.41, 5.74) is 5.37. The van der Waals surface area contributed by atoms with Gasteiger partial charge in [-0.15, -0.1) is 0 Å². The average molecular weight is 475 g/mol. The number of hydrogen-bond acceptors (Lipinski definition) is 4. The van der Waals surface area contributed by atoms with Crippen LogP contribution in [0.25, 0.3) is 0 Å². The summed E-state index contributed by atoms with van der Waals surface area (Å²) in [7, 11) is -1.89. The molecule has 1 aromatic carbocycles. The zero-order chi connectivity index (χ0) is 25.0. The lowest BCUT2D eigenvalue weighted by molar-refractivity contribution is 0.140. The van der Waals surface area contributed by atoms with Gasteiger partial charge in [0.15, 0.2) is 9.84 Å². The van der Waals surface area contributed by atoms with Crippen molar-refractivity contribution in [2.24, 2.45) is 0 Å². The maximum absolute atomic E-state index is 13.6. The lowest BCUT2D eigenvalue weighted by Crippen LogP contribution is -2.21. The number of methoxy groups -OCH3 is 1. The number of allylic oxidation sites excluding steroid dienone is 4. The number of sulfone groups is 1. The monoisotopic (exact) mass is 474 g/mol. The summed E-state index contributed by atoms with van der Waals surface area (Å²) < 4.78 is 32.7. The van der Waals surface area contributed by atoms with E-state index in [1.807, 2.05) is 52.0 Å². The Morgan fingerprint density at radius 3 is 2.12 bits per heavy atom. The van der Waals surface area contributed by atoms with Gasteiger partial charge < -0.3 is 9.84 Å². The first-order valence-electron chi connectivity index (χ1n) is 11.6. The minimum Gasteiger partial charge on any atom is -0.392 e. The molecule has 0 saturated heterocycles. The van der Waals surface area contributed by atoms with E-state index in [-0.39, 0.29) is 12.7 Å². The molecule has 0 fully saturated rings. The van der Waals surface area contributed by atoms with Crippen LogP contribution in [0.2, 0.25) is 0 Å². The summed E-state index contributed by atoms with van der Waals surface area (Å²) in [5.74, 6) is 0. The first kappa shape index (κ1) is 29.1. The molecule has 0 aliphatic heterocycles. The van der Waals surface area contributed by atoms with Gasteiger partial charge in [0.25, 0.3) is 0 Å². The quantitative estimate of drug-likeness (QED) is 0.331. The van der Waals surface area contributed by atoms with Crippen molar-refractivity contribution in [1.82, 2.24) is 0 Å². The summed E-state index contributed by atoms with van der Waals surface area (Å²) in [6.45, 7) is 12.0. The second kappa shape index (κ2) is 14.3. The maximum atomic E-state index is 13.6. The van der Waals surface area contributed by atoms with E-state index in [0.29, 0.717) is 17.7 Å². The third kappa shape index (κ3) is 10.7. The van der Waals surface area contributed by atoms with Gasteiger partial charge in [-0.25, -0.2) is 8.42 Å². The van der Waals surface area contributed by atoms with Crippen molar-refractivity contribution in [2.75, 3.05) is 13.7 Å². The topological polar surface area (TPSA) is 63.6 Å². The second-order valence-electron chi connectivity index (χ2n) is 9.16. The number of hydrogen-bond donors (Lipinski definition) is 1. The lowest BCUT2D eigenvalue weighted by Gasteiger charge is -2.18. The highest BCUT2D eigenvalue weighted by atomic mass is 32.2. The van der Waals surface area contributed by atoms with Crippen molar-refractivity contribution >= 4 is 9.84 Å². The Bertz CT molecular complexity index is 960. The van der Waals surface area contributed by atoms with Gasteiger partial charge in [-0.05, 0) is 79.4 Å². The predicted octanol–water partition coefficient (Wildman–Crippen LogP) is 6.51. The van der Waals surface area contributed by atoms with Crippen molar-refractivity contribution < 1.29 is 18.3 Å². The van der Waals surface area contributed by atoms with E-state index in [9.17, 15) is 8.42 Å². The molecule has 0 aliphatic carbocycles. The number of benzene rings is 1. The molecule has 33 heavy (non-hydrogen) atoms. The molecule has 0 bridgehead atoms. The molecule has 1 N–H and O–H groups in total. The van der Waals surface area contributed by atoms with E-state index in [4.69, 9.17) is 9.84 Å². The van der Waals surface area contributed by atoms with E-state index in [1.165, 1.54) is 5.57 Å². The summed E-state index contributed by atoms with van der Waals surface area (Å²) in [6.07, 6.45) is 10.5. The molecule has 184 valence electrons. The highest BCUT2D eigenvalue weighted by molar-refractivity contribution is 7.92. The van der Waals surface area contributed by atoms with Gasteiger partial charge in [0.1, 0.15) is 0 Å². The van der Waals surface area contributed by atoms with Crippen LogP contribution in [0.1, 0.15) is 65.9 Å². The average Bonchev–Trinajstić information content (AvgIpc) is 2.73. The van der Waals surface area contributed by atoms with Crippen molar-refractivity contribution in [2.45, 2.75) is 83.5 Å². The third-order valence-corrected chi connectivity index (χ3v) is 7.60. The van der Waals surface area contributed by atoms with Crippen LogP contribution < -0.4 is 0 Å². The van der Waals surface area contributed by atoms with Gasteiger partial charge in [0.05, 0.1) is 22.9 Å². The number of aryl methyl sites for hydroxylation is 1. The van der Waals surface area contributed by atoms with Crippen LogP contribution >= 0.6 is 0 Å².